The zero-order valence-corrected chi connectivity index (χ0v) is 17.5. The van der Waals surface area contributed by atoms with E-state index >= 15 is 0 Å². The number of anilines is 1. The van der Waals surface area contributed by atoms with E-state index in [-0.39, 0.29) is 18.1 Å². The first-order valence-corrected chi connectivity index (χ1v) is 11.2. The quantitative estimate of drug-likeness (QED) is 0.600. The van der Waals surface area contributed by atoms with Crippen LogP contribution in [0.4, 0.5) is 10.1 Å². The van der Waals surface area contributed by atoms with Crippen LogP contribution in [-0.4, -0.2) is 40.4 Å². The molecule has 0 aliphatic carbocycles. The Balaban J connectivity index is 1.34. The van der Waals surface area contributed by atoms with Crippen LogP contribution in [0.25, 0.3) is 11.3 Å². The van der Waals surface area contributed by atoms with Crippen molar-refractivity contribution >= 4 is 23.4 Å². The lowest BCUT2D eigenvalue weighted by Crippen LogP contribution is -2.32. The predicted octanol–water partition coefficient (Wildman–Crippen LogP) is 4.60. The molecule has 1 fully saturated rings. The number of aromatic nitrogens is 1. The minimum atomic E-state index is -0.359. The number of hydrogen-bond acceptors (Lipinski definition) is 5. The molecule has 0 radical (unpaired) electrons. The normalized spacial score (nSPS) is 14.6. The molecule has 156 valence electrons. The third kappa shape index (κ3) is 5.29. The maximum Gasteiger partial charge on any atom is 0.224 e. The van der Waals surface area contributed by atoms with Crippen molar-refractivity contribution in [1.82, 2.24) is 9.88 Å². The van der Waals surface area contributed by atoms with Gasteiger partial charge in [0.05, 0.1) is 11.8 Å². The lowest BCUT2D eigenvalue weighted by atomic mass is 10.1. The van der Waals surface area contributed by atoms with Crippen molar-refractivity contribution in [3.63, 3.8) is 0 Å². The Morgan fingerprint density at radius 1 is 1.13 bits per heavy atom. The Labute approximate surface area is 179 Å². The average Bonchev–Trinajstić information content (AvgIpc) is 3.24. The van der Waals surface area contributed by atoms with Crippen LogP contribution in [0.5, 0.6) is 0 Å². The molecule has 4 rings (SSSR count). The van der Waals surface area contributed by atoms with Crippen LogP contribution >= 0.6 is 11.8 Å². The van der Waals surface area contributed by atoms with E-state index < -0.39 is 0 Å². The van der Waals surface area contributed by atoms with Gasteiger partial charge in [0.15, 0.2) is 11.7 Å². The van der Waals surface area contributed by atoms with Crippen molar-refractivity contribution in [1.29, 1.82) is 0 Å². The van der Waals surface area contributed by atoms with Gasteiger partial charge in [-0.2, -0.15) is 11.8 Å². The fourth-order valence-electron chi connectivity index (χ4n) is 3.42. The molecule has 3 aromatic rings. The second-order valence-electron chi connectivity index (χ2n) is 7.19. The second-order valence-corrected chi connectivity index (χ2v) is 8.42. The molecule has 0 bridgehead atoms. The number of para-hydroxylation sites is 1. The summed E-state index contributed by atoms with van der Waals surface area (Å²) in [6, 6.07) is 14.3. The number of halogens is 1. The maximum absolute atomic E-state index is 13.9. The summed E-state index contributed by atoms with van der Waals surface area (Å²) in [5.41, 5.74) is 2.33. The molecular weight excluding hydrogens is 401 g/mol. The molecule has 30 heavy (non-hydrogen) atoms. The Kier molecular flexibility index (Phi) is 6.81. The first-order chi connectivity index (χ1) is 14.7. The molecule has 0 unspecified atom stereocenters. The molecule has 1 aliphatic rings. The summed E-state index contributed by atoms with van der Waals surface area (Å²) in [6.45, 7) is 2.98. The van der Waals surface area contributed by atoms with Gasteiger partial charge < -0.3 is 9.73 Å². The van der Waals surface area contributed by atoms with Crippen LogP contribution in [0.15, 0.2) is 59.1 Å². The predicted molar refractivity (Wildman–Crippen MR) is 118 cm³/mol. The van der Waals surface area contributed by atoms with E-state index in [0.717, 1.165) is 42.4 Å². The Hall–Kier alpha value is -2.64. The van der Waals surface area contributed by atoms with E-state index in [1.807, 2.05) is 30.0 Å². The molecule has 1 N–H and O–H groups in total. The fraction of sp³-hybridized carbons (Fsp3) is 0.304. The highest BCUT2D eigenvalue weighted by molar-refractivity contribution is 7.99. The highest BCUT2D eigenvalue weighted by atomic mass is 32.2. The van der Waals surface area contributed by atoms with E-state index in [9.17, 15) is 9.18 Å². The summed E-state index contributed by atoms with van der Waals surface area (Å²) in [4.78, 5) is 19.1. The van der Waals surface area contributed by atoms with Gasteiger partial charge in [0, 0.05) is 49.7 Å². The molecule has 1 amide bonds. The minimum Gasteiger partial charge on any atom is -0.441 e. The summed E-state index contributed by atoms with van der Waals surface area (Å²) in [7, 11) is 0. The van der Waals surface area contributed by atoms with Crippen molar-refractivity contribution in [2.45, 2.75) is 19.4 Å². The summed E-state index contributed by atoms with van der Waals surface area (Å²) < 4.78 is 19.5. The number of oxazole rings is 1. The van der Waals surface area contributed by atoms with Crippen molar-refractivity contribution in [3.05, 3.63) is 72.0 Å². The molecule has 0 spiro atoms. The van der Waals surface area contributed by atoms with E-state index in [4.69, 9.17) is 4.42 Å². The SMILES string of the molecule is O=C(CCc1ncc(-c2ccccc2F)o1)Nc1ccccc1CN1CCSCC1. The van der Waals surface area contributed by atoms with Gasteiger partial charge in [-0.05, 0) is 23.8 Å². The summed E-state index contributed by atoms with van der Waals surface area (Å²) >= 11 is 1.98. The number of rotatable bonds is 7. The van der Waals surface area contributed by atoms with Gasteiger partial charge in [-0.25, -0.2) is 9.37 Å². The maximum atomic E-state index is 13.9. The van der Waals surface area contributed by atoms with Crippen LogP contribution in [0.1, 0.15) is 17.9 Å². The number of amides is 1. The standard InChI is InChI=1S/C23H24FN3O2S/c24-19-7-3-2-6-18(19)21-15-25-23(29-21)10-9-22(28)26-20-8-4-1-5-17(20)16-27-11-13-30-14-12-27/h1-8,15H,9-14,16H2,(H,26,28). The van der Waals surface area contributed by atoms with Crippen LogP contribution in [0.3, 0.4) is 0 Å². The average molecular weight is 426 g/mol. The van der Waals surface area contributed by atoms with Crippen LogP contribution in [-0.2, 0) is 17.8 Å². The summed E-state index contributed by atoms with van der Waals surface area (Å²) in [5, 5.41) is 3.02. The Morgan fingerprint density at radius 2 is 1.90 bits per heavy atom. The highest BCUT2D eigenvalue weighted by Gasteiger charge is 2.15. The first-order valence-electron chi connectivity index (χ1n) is 10.1. The molecule has 0 atom stereocenters. The van der Waals surface area contributed by atoms with Gasteiger partial charge in [0.1, 0.15) is 5.82 Å². The number of aryl methyl sites for hydroxylation is 1. The topological polar surface area (TPSA) is 58.4 Å². The molecule has 1 aromatic heterocycles. The van der Waals surface area contributed by atoms with Crippen molar-refractivity contribution in [2.75, 3.05) is 29.9 Å². The van der Waals surface area contributed by atoms with E-state index in [2.05, 4.69) is 21.3 Å². The fourth-order valence-corrected chi connectivity index (χ4v) is 4.40. The number of benzene rings is 2. The van der Waals surface area contributed by atoms with Crippen LogP contribution in [0.2, 0.25) is 0 Å². The summed E-state index contributed by atoms with van der Waals surface area (Å²) in [5.74, 6) is 2.64. The second kappa shape index (κ2) is 9.91. The van der Waals surface area contributed by atoms with Crippen molar-refractivity contribution in [3.8, 4) is 11.3 Å². The Bertz CT molecular complexity index is 1000. The molecule has 5 nitrogen and oxygen atoms in total. The molecule has 1 aliphatic heterocycles. The zero-order valence-electron chi connectivity index (χ0n) is 16.6. The van der Waals surface area contributed by atoms with Crippen molar-refractivity contribution < 1.29 is 13.6 Å². The summed E-state index contributed by atoms with van der Waals surface area (Å²) in [6.07, 6.45) is 2.09. The molecular formula is C23H24FN3O2S. The largest absolute Gasteiger partial charge is 0.441 e. The molecule has 0 saturated carbocycles. The molecule has 2 heterocycles. The van der Waals surface area contributed by atoms with Gasteiger partial charge in [0.25, 0.3) is 0 Å². The van der Waals surface area contributed by atoms with Gasteiger partial charge in [-0.3, -0.25) is 9.69 Å². The van der Waals surface area contributed by atoms with Gasteiger partial charge in [0.2, 0.25) is 5.91 Å². The van der Waals surface area contributed by atoms with E-state index in [1.54, 1.807) is 18.2 Å². The number of carbonyl (C=O) groups excluding carboxylic acids is 1. The number of thioether (sulfide) groups is 1. The van der Waals surface area contributed by atoms with Gasteiger partial charge in [-0.15, -0.1) is 0 Å². The minimum absolute atomic E-state index is 0.0951. The van der Waals surface area contributed by atoms with Crippen LogP contribution in [0, 0.1) is 5.82 Å². The number of hydrogen-bond donors (Lipinski definition) is 1. The molecule has 7 heteroatoms. The third-order valence-corrected chi connectivity index (χ3v) is 5.99. The third-order valence-electron chi connectivity index (χ3n) is 5.05. The Morgan fingerprint density at radius 3 is 2.73 bits per heavy atom. The lowest BCUT2D eigenvalue weighted by molar-refractivity contribution is -0.116. The molecule has 1 saturated heterocycles. The number of nitrogens with zero attached hydrogens (tertiary/aromatic N) is 2. The number of nitrogens with one attached hydrogen (secondary N) is 1. The van der Waals surface area contributed by atoms with Gasteiger partial charge in [-0.1, -0.05) is 30.3 Å². The zero-order chi connectivity index (χ0) is 20.8. The smallest absolute Gasteiger partial charge is 0.224 e. The first kappa shape index (κ1) is 20.6. The van der Waals surface area contributed by atoms with Crippen molar-refractivity contribution in [2.24, 2.45) is 0 Å². The monoisotopic (exact) mass is 425 g/mol. The number of carbonyl (C=O) groups is 1. The van der Waals surface area contributed by atoms with E-state index in [1.165, 1.54) is 12.3 Å². The molecule has 2 aromatic carbocycles. The van der Waals surface area contributed by atoms with Crippen LogP contribution < -0.4 is 5.32 Å². The highest BCUT2D eigenvalue weighted by Crippen LogP contribution is 2.24. The van der Waals surface area contributed by atoms with E-state index in [0.29, 0.717) is 23.6 Å². The lowest BCUT2D eigenvalue weighted by Gasteiger charge is -2.27. The van der Waals surface area contributed by atoms with Gasteiger partial charge >= 0.3 is 0 Å².